The van der Waals surface area contributed by atoms with Gasteiger partial charge in [0.1, 0.15) is 24.7 Å². The molecule has 4 rings (SSSR count). The Morgan fingerprint density at radius 2 is 1.83 bits per heavy atom. The Hall–Kier alpha value is -2.90. The SMILES string of the molecule is O=C(Cn1c(COc2ccccc2)nc2ccccc21)NCCN1CCOCC1. The third kappa shape index (κ3) is 5.13. The Balaban J connectivity index is 1.40. The molecule has 1 aliphatic heterocycles. The van der Waals surface area contributed by atoms with E-state index in [1.54, 1.807) is 0 Å². The summed E-state index contributed by atoms with van der Waals surface area (Å²) in [7, 11) is 0. The Morgan fingerprint density at radius 3 is 2.66 bits per heavy atom. The lowest BCUT2D eigenvalue weighted by Gasteiger charge is -2.26. The summed E-state index contributed by atoms with van der Waals surface area (Å²) in [6.45, 7) is 5.35. The van der Waals surface area contributed by atoms with Gasteiger partial charge in [0.15, 0.2) is 0 Å². The average Bonchev–Trinajstić information content (AvgIpc) is 3.11. The number of aromatic nitrogens is 2. The fraction of sp³-hybridized carbons (Fsp3) is 0.364. The first-order chi connectivity index (χ1) is 14.3. The molecule has 0 bridgehead atoms. The predicted molar refractivity (Wildman–Crippen MR) is 111 cm³/mol. The molecule has 3 aromatic rings. The van der Waals surface area contributed by atoms with Crippen LogP contribution in [0.1, 0.15) is 5.82 Å². The van der Waals surface area contributed by atoms with E-state index in [1.165, 1.54) is 0 Å². The van der Waals surface area contributed by atoms with Gasteiger partial charge in [-0.2, -0.15) is 0 Å². The number of carbonyl (C=O) groups excluding carboxylic acids is 1. The van der Waals surface area contributed by atoms with Crippen molar-refractivity contribution in [2.24, 2.45) is 0 Å². The summed E-state index contributed by atoms with van der Waals surface area (Å²) >= 11 is 0. The second-order valence-electron chi connectivity index (χ2n) is 7.01. The van der Waals surface area contributed by atoms with Gasteiger partial charge in [0.2, 0.25) is 5.91 Å². The number of nitrogens with zero attached hydrogens (tertiary/aromatic N) is 3. The first kappa shape index (κ1) is 19.4. The number of amides is 1. The van der Waals surface area contributed by atoms with Crippen molar-refractivity contribution < 1.29 is 14.3 Å². The lowest BCUT2D eigenvalue weighted by molar-refractivity contribution is -0.121. The van der Waals surface area contributed by atoms with Gasteiger partial charge in [-0.05, 0) is 24.3 Å². The normalized spacial score (nSPS) is 14.8. The molecule has 1 N–H and O–H groups in total. The Kier molecular flexibility index (Phi) is 6.38. The number of carbonyl (C=O) groups is 1. The van der Waals surface area contributed by atoms with Crippen molar-refractivity contribution >= 4 is 16.9 Å². The maximum atomic E-state index is 12.6. The third-order valence-electron chi connectivity index (χ3n) is 5.00. The minimum absolute atomic E-state index is 0.0256. The first-order valence-corrected chi connectivity index (χ1v) is 9.98. The molecule has 1 amide bonds. The summed E-state index contributed by atoms with van der Waals surface area (Å²) in [6, 6.07) is 17.5. The van der Waals surface area contributed by atoms with E-state index in [9.17, 15) is 4.79 Å². The minimum Gasteiger partial charge on any atom is -0.486 e. The first-order valence-electron chi connectivity index (χ1n) is 9.98. The maximum Gasteiger partial charge on any atom is 0.240 e. The Labute approximate surface area is 170 Å². The summed E-state index contributed by atoms with van der Waals surface area (Å²) < 4.78 is 13.2. The zero-order valence-electron chi connectivity index (χ0n) is 16.4. The molecule has 7 heteroatoms. The molecule has 7 nitrogen and oxygen atoms in total. The van der Waals surface area contributed by atoms with Crippen molar-refractivity contribution in [2.45, 2.75) is 13.2 Å². The molecule has 0 unspecified atom stereocenters. The van der Waals surface area contributed by atoms with E-state index >= 15 is 0 Å². The molecule has 29 heavy (non-hydrogen) atoms. The number of para-hydroxylation sites is 3. The van der Waals surface area contributed by atoms with E-state index in [-0.39, 0.29) is 12.5 Å². The zero-order chi connectivity index (χ0) is 19.9. The largest absolute Gasteiger partial charge is 0.486 e. The summed E-state index contributed by atoms with van der Waals surface area (Å²) in [5.74, 6) is 1.49. The number of benzene rings is 2. The Bertz CT molecular complexity index is 936. The second kappa shape index (κ2) is 9.54. The molecule has 1 saturated heterocycles. The van der Waals surface area contributed by atoms with Gasteiger partial charge in [-0.1, -0.05) is 30.3 Å². The van der Waals surface area contributed by atoms with Crippen molar-refractivity contribution in [2.75, 3.05) is 39.4 Å². The zero-order valence-corrected chi connectivity index (χ0v) is 16.4. The van der Waals surface area contributed by atoms with E-state index in [2.05, 4.69) is 15.2 Å². The second-order valence-corrected chi connectivity index (χ2v) is 7.01. The molecule has 0 saturated carbocycles. The van der Waals surface area contributed by atoms with Gasteiger partial charge in [0, 0.05) is 26.2 Å². The summed E-state index contributed by atoms with van der Waals surface area (Å²) in [5, 5.41) is 3.02. The van der Waals surface area contributed by atoms with Gasteiger partial charge in [0.25, 0.3) is 0 Å². The molecular formula is C22H26N4O3. The molecule has 0 aliphatic carbocycles. The number of imidazole rings is 1. The highest BCUT2D eigenvalue weighted by Crippen LogP contribution is 2.18. The molecular weight excluding hydrogens is 368 g/mol. The highest BCUT2D eigenvalue weighted by atomic mass is 16.5. The minimum atomic E-state index is -0.0256. The molecule has 2 aromatic carbocycles. The van der Waals surface area contributed by atoms with Crippen molar-refractivity contribution in [3.05, 3.63) is 60.4 Å². The Morgan fingerprint density at radius 1 is 1.07 bits per heavy atom. The molecule has 0 atom stereocenters. The fourth-order valence-electron chi connectivity index (χ4n) is 3.45. The van der Waals surface area contributed by atoms with Crippen LogP contribution in [0.4, 0.5) is 0 Å². The van der Waals surface area contributed by atoms with Crippen LogP contribution in [-0.4, -0.2) is 59.8 Å². The lowest BCUT2D eigenvalue weighted by Crippen LogP contribution is -2.41. The fourth-order valence-corrected chi connectivity index (χ4v) is 3.45. The maximum absolute atomic E-state index is 12.6. The standard InChI is InChI=1S/C22H26N4O3/c27-22(23-10-11-25-12-14-28-15-13-25)16-26-20-9-5-4-8-19(20)24-21(26)17-29-18-6-2-1-3-7-18/h1-9H,10-17H2,(H,23,27). The molecule has 1 aromatic heterocycles. The summed E-state index contributed by atoms with van der Waals surface area (Å²) in [4.78, 5) is 19.5. The quantitative estimate of drug-likeness (QED) is 0.633. The number of fused-ring (bicyclic) bond motifs is 1. The number of rotatable bonds is 8. The summed E-state index contributed by atoms with van der Waals surface area (Å²) in [6.07, 6.45) is 0. The number of hydrogen-bond acceptors (Lipinski definition) is 5. The van der Waals surface area contributed by atoms with Crippen LogP contribution in [0.15, 0.2) is 54.6 Å². The van der Waals surface area contributed by atoms with Gasteiger partial charge in [-0.25, -0.2) is 4.98 Å². The van der Waals surface area contributed by atoms with E-state index in [1.807, 2.05) is 59.2 Å². The highest BCUT2D eigenvalue weighted by molar-refractivity contribution is 5.81. The van der Waals surface area contributed by atoms with Gasteiger partial charge >= 0.3 is 0 Å². The third-order valence-corrected chi connectivity index (χ3v) is 5.00. The van der Waals surface area contributed by atoms with Crippen molar-refractivity contribution in [3.8, 4) is 5.75 Å². The molecule has 2 heterocycles. The van der Waals surface area contributed by atoms with Crippen molar-refractivity contribution in [3.63, 3.8) is 0 Å². The lowest BCUT2D eigenvalue weighted by atomic mass is 10.3. The highest BCUT2D eigenvalue weighted by Gasteiger charge is 2.15. The molecule has 1 fully saturated rings. The topological polar surface area (TPSA) is 68.6 Å². The average molecular weight is 394 g/mol. The van der Waals surface area contributed by atoms with E-state index in [0.29, 0.717) is 13.2 Å². The van der Waals surface area contributed by atoms with Crippen LogP contribution in [0.2, 0.25) is 0 Å². The van der Waals surface area contributed by atoms with Crippen molar-refractivity contribution in [1.29, 1.82) is 0 Å². The smallest absolute Gasteiger partial charge is 0.240 e. The van der Waals surface area contributed by atoms with E-state index in [0.717, 1.165) is 55.5 Å². The predicted octanol–water partition coefficient (Wildman–Crippen LogP) is 2.06. The molecule has 0 spiro atoms. The van der Waals surface area contributed by atoms with E-state index < -0.39 is 0 Å². The van der Waals surface area contributed by atoms with Crippen LogP contribution in [0, 0.1) is 0 Å². The van der Waals surface area contributed by atoms with Gasteiger partial charge in [-0.3, -0.25) is 9.69 Å². The summed E-state index contributed by atoms with van der Waals surface area (Å²) in [5.41, 5.74) is 1.79. The van der Waals surface area contributed by atoms with Crippen molar-refractivity contribution in [1.82, 2.24) is 19.8 Å². The van der Waals surface area contributed by atoms with Gasteiger partial charge in [0.05, 0.1) is 24.2 Å². The van der Waals surface area contributed by atoms with Crippen LogP contribution in [0.25, 0.3) is 11.0 Å². The van der Waals surface area contributed by atoms with Crippen LogP contribution in [0.3, 0.4) is 0 Å². The number of morpholine rings is 1. The van der Waals surface area contributed by atoms with Crippen LogP contribution in [-0.2, 0) is 22.7 Å². The van der Waals surface area contributed by atoms with Crippen LogP contribution in [0.5, 0.6) is 5.75 Å². The number of ether oxygens (including phenoxy) is 2. The molecule has 1 aliphatic rings. The van der Waals surface area contributed by atoms with Gasteiger partial charge in [-0.15, -0.1) is 0 Å². The van der Waals surface area contributed by atoms with Crippen LogP contribution >= 0.6 is 0 Å². The monoisotopic (exact) mass is 394 g/mol. The number of hydrogen-bond donors (Lipinski definition) is 1. The number of nitrogens with one attached hydrogen (secondary N) is 1. The van der Waals surface area contributed by atoms with Crippen LogP contribution < -0.4 is 10.1 Å². The van der Waals surface area contributed by atoms with E-state index in [4.69, 9.17) is 9.47 Å². The molecule has 152 valence electrons. The molecule has 0 radical (unpaired) electrons. The van der Waals surface area contributed by atoms with Gasteiger partial charge < -0.3 is 19.4 Å².